The van der Waals surface area contributed by atoms with E-state index in [0.29, 0.717) is 0 Å². The fourth-order valence-electron chi connectivity index (χ4n) is 2.29. The molecule has 0 aliphatic heterocycles. The second-order valence-corrected chi connectivity index (χ2v) is 4.78. The molecule has 3 rings (SSSR count). The van der Waals surface area contributed by atoms with Gasteiger partial charge in [-0.05, 0) is 25.5 Å². The van der Waals surface area contributed by atoms with Crippen LogP contribution in [0.3, 0.4) is 0 Å². The number of aryl methyl sites for hydroxylation is 3. The van der Waals surface area contributed by atoms with Gasteiger partial charge in [-0.1, -0.05) is 23.2 Å². The van der Waals surface area contributed by atoms with Crippen molar-refractivity contribution in [2.45, 2.75) is 13.8 Å². The Kier molecular flexibility index (Phi) is 2.13. The summed E-state index contributed by atoms with van der Waals surface area (Å²) in [6, 6.07) is 4.19. The van der Waals surface area contributed by atoms with Crippen molar-refractivity contribution in [1.82, 2.24) is 14.8 Å². The van der Waals surface area contributed by atoms with Gasteiger partial charge in [0.1, 0.15) is 11.0 Å². The van der Waals surface area contributed by atoms with Gasteiger partial charge in [0.2, 0.25) is 0 Å². The molecule has 0 unspecified atom stereocenters. The van der Waals surface area contributed by atoms with Crippen molar-refractivity contribution in [3.8, 4) is 0 Å². The van der Waals surface area contributed by atoms with E-state index in [9.17, 15) is 0 Å². The zero-order valence-electron chi connectivity index (χ0n) is 9.95. The van der Waals surface area contributed by atoms with Crippen molar-refractivity contribution in [3.05, 3.63) is 34.5 Å². The summed E-state index contributed by atoms with van der Waals surface area (Å²) in [7, 11) is 1.88. The summed E-state index contributed by atoms with van der Waals surface area (Å²) in [6.07, 6.45) is 1.75. The number of fused-ring (bicyclic) bond motifs is 2. The van der Waals surface area contributed by atoms with E-state index in [-0.39, 0.29) is 0 Å². The highest BCUT2D eigenvalue weighted by molar-refractivity contribution is 6.40. The average Bonchev–Trinajstić information content (AvgIpc) is 2.63. The molecule has 1 aromatic carbocycles. The third kappa shape index (κ3) is 1.42. The lowest BCUT2D eigenvalue weighted by Crippen LogP contribution is -1.93. The highest BCUT2D eigenvalue weighted by Gasteiger charge is 2.12. The predicted molar refractivity (Wildman–Crippen MR) is 70.5 cm³/mol. The van der Waals surface area contributed by atoms with E-state index in [1.807, 2.05) is 7.05 Å². The molecule has 0 atom stereocenters. The fraction of sp³-hybridized carbons (Fsp3) is 0.231. The molecule has 0 aliphatic carbocycles. The fourth-order valence-corrected chi connectivity index (χ4v) is 2.65. The molecule has 4 heteroatoms. The van der Waals surface area contributed by atoms with Crippen molar-refractivity contribution in [1.29, 1.82) is 0 Å². The van der Waals surface area contributed by atoms with Crippen molar-refractivity contribution >= 4 is 33.5 Å². The van der Waals surface area contributed by atoms with Gasteiger partial charge in [-0.3, -0.25) is 4.68 Å². The molecule has 0 saturated heterocycles. The molecule has 0 amide bonds. The number of pyridine rings is 1. The summed E-state index contributed by atoms with van der Waals surface area (Å²) in [5.74, 6) is 0. The summed E-state index contributed by atoms with van der Waals surface area (Å²) in [6.45, 7) is 4.12. The van der Waals surface area contributed by atoms with Crippen LogP contribution in [0, 0.1) is 13.8 Å². The van der Waals surface area contributed by atoms with Crippen LogP contribution in [0.2, 0.25) is 5.02 Å². The molecule has 17 heavy (non-hydrogen) atoms. The first kappa shape index (κ1) is 10.5. The molecule has 3 nitrogen and oxygen atoms in total. The van der Waals surface area contributed by atoms with Crippen LogP contribution in [0.15, 0.2) is 18.3 Å². The molecule has 0 aliphatic rings. The van der Waals surface area contributed by atoms with Gasteiger partial charge in [-0.15, -0.1) is 0 Å². The quantitative estimate of drug-likeness (QED) is 0.608. The molecule has 86 valence electrons. The van der Waals surface area contributed by atoms with Gasteiger partial charge in [-0.2, -0.15) is 5.10 Å². The van der Waals surface area contributed by atoms with Crippen LogP contribution in [0.1, 0.15) is 11.1 Å². The van der Waals surface area contributed by atoms with Crippen LogP contribution in [0.4, 0.5) is 0 Å². The third-order valence-electron chi connectivity index (χ3n) is 3.04. The van der Waals surface area contributed by atoms with E-state index in [1.54, 1.807) is 10.9 Å². The van der Waals surface area contributed by atoms with E-state index in [4.69, 9.17) is 11.6 Å². The zero-order valence-corrected chi connectivity index (χ0v) is 10.7. The molecule has 2 aromatic heterocycles. The lowest BCUT2D eigenvalue weighted by Gasteiger charge is -2.07. The van der Waals surface area contributed by atoms with Gasteiger partial charge in [0.15, 0.2) is 0 Å². The molecule has 0 spiro atoms. The van der Waals surface area contributed by atoms with Crippen LogP contribution < -0.4 is 0 Å². The minimum absolute atomic E-state index is 0.733. The Morgan fingerprint density at radius 1 is 1.24 bits per heavy atom. The van der Waals surface area contributed by atoms with Gasteiger partial charge < -0.3 is 0 Å². The largest absolute Gasteiger partial charge is 0.265 e. The van der Waals surface area contributed by atoms with E-state index < -0.39 is 0 Å². The molecule has 3 aromatic rings. The van der Waals surface area contributed by atoms with Gasteiger partial charge in [0, 0.05) is 12.4 Å². The van der Waals surface area contributed by atoms with E-state index >= 15 is 0 Å². The van der Waals surface area contributed by atoms with E-state index in [2.05, 4.69) is 36.1 Å². The maximum atomic E-state index is 6.46. The van der Waals surface area contributed by atoms with Gasteiger partial charge >= 0.3 is 0 Å². The normalized spacial score (nSPS) is 11.5. The first-order valence-corrected chi connectivity index (χ1v) is 5.84. The summed E-state index contributed by atoms with van der Waals surface area (Å²) in [5, 5.41) is 5.93. The molecular formula is C13H12ClN3. The molecule has 0 N–H and O–H groups in total. The zero-order chi connectivity index (χ0) is 12.2. The minimum atomic E-state index is 0.733. The van der Waals surface area contributed by atoms with Crippen molar-refractivity contribution in [2.75, 3.05) is 0 Å². The molecule has 0 radical (unpaired) electrons. The maximum absolute atomic E-state index is 6.46. The Bertz CT molecular complexity index is 743. The first-order chi connectivity index (χ1) is 8.08. The summed E-state index contributed by atoms with van der Waals surface area (Å²) < 4.78 is 1.77. The predicted octanol–water partition coefficient (Wildman–Crippen LogP) is 3.39. The van der Waals surface area contributed by atoms with Crippen molar-refractivity contribution in [2.24, 2.45) is 7.05 Å². The number of hydrogen-bond donors (Lipinski definition) is 0. The van der Waals surface area contributed by atoms with E-state index in [1.165, 1.54) is 5.56 Å². The minimum Gasteiger partial charge on any atom is -0.265 e. The highest BCUT2D eigenvalue weighted by atomic mass is 35.5. The van der Waals surface area contributed by atoms with Gasteiger partial charge in [0.05, 0.1) is 16.7 Å². The second-order valence-electron chi connectivity index (χ2n) is 4.41. The number of rotatable bonds is 0. The number of benzene rings is 1. The van der Waals surface area contributed by atoms with Crippen LogP contribution >= 0.6 is 11.6 Å². The highest BCUT2D eigenvalue weighted by Crippen LogP contribution is 2.31. The topological polar surface area (TPSA) is 30.7 Å². The van der Waals surface area contributed by atoms with Crippen LogP contribution in [-0.2, 0) is 7.05 Å². The number of aromatic nitrogens is 3. The smallest absolute Gasteiger partial charge is 0.111 e. The van der Waals surface area contributed by atoms with Crippen LogP contribution in [-0.4, -0.2) is 14.8 Å². The van der Waals surface area contributed by atoms with Gasteiger partial charge in [0.25, 0.3) is 0 Å². The van der Waals surface area contributed by atoms with Crippen LogP contribution in [0.25, 0.3) is 21.9 Å². The van der Waals surface area contributed by atoms with E-state index in [0.717, 1.165) is 32.5 Å². The molecular weight excluding hydrogens is 234 g/mol. The SMILES string of the molecule is Cc1cc(C)c2nc3cnn(C)c3c(Cl)c2c1. The third-order valence-corrected chi connectivity index (χ3v) is 3.42. The second kappa shape index (κ2) is 3.44. The first-order valence-electron chi connectivity index (χ1n) is 5.46. The Morgan fingerprint density at radius 2 is 2.00 bits per heavy atom. The lowest BCUT2D eigenvalue weighted by molar-refractivity contribution is 0.797. The Balaban J connectivity index is 2.61. The summed E-state index contributed by atoms with van der Waals surface area (Å²) in [5.41, 5.74) is 5.04. The lowest BCUT2D eigenvalue weighted by atomic mass is 10.1. The van der Waals surface area contributed by atoms with Crippen LogP contribution in [0.5, 0.6) is 0 Å². The number of halogens is 1. The Hall–Kier alpha value is -1.61. The average molecular weight is 246 g/mol. The van der Waals surface area contributed by atoms with Gasteiger partial charge in [-0.25, -0.2) is 4.98 Å². The summed E-state index contributed by atoms with van der Waals surface area (Å²) in [4.78, 5) is 4.63. The maximum Gasteiger partial charge on any atom is 0.111 e. The van der Waals surface area contributed by atoms with Crippen molar-refractivity contribution in [3.63, 3.8) is 0 Å². The van der Waals surface area contributed by atoms with Crippen molar-refractivity contribution < 1.29 is 0 Å². The number of nitrogens with zero attached hydrogens (tertiary/aromatic N) is 3. The molecule has 0 bridgehead atoms. The summed E-state index contributed by atoms with van der Waals surface area (Å²) >= 11 is 6.46. The Labute approximate surface area is 104 Å². The monoisotopic (exact) mass is 245 g/mol. The number of hydrogen-bond acceptors (Lipinski definition) is 2. The molecule has 0 saturated carbocycles. The molecule has 2 heterocycles. The standard InChI is InChI=1S/C13H12ClN3/c1-7-4-8(2)12-9(5-7)11(14)13-10(16-12)6-15-17(13)3/h4-6H,1-3H3. The Morgan fingerprint density at radius 3 is 2.76 bits per heavy atom. The molecule has 0 fully saturated rings.